The molecule has 1 fully saturated rings. The summed E-state index contributed by atoms with van der Waals surface area (Å²) in [6.07, 6.45) is 6.62. The summed E-state index contributed by atoms with van der Waals surface area (Å²) < 4.78 is 19.1. The Labute approximate surface area is 122 Å². The van der Waals surface area contributed by atoms with Crippen molar-refractivity contribution in [3.05, 3.63) is 28.9 Å². The Hall–Kier alpha value is -1.13. The molecule has 2 aromatic rings. The van der Waals surface area contributed by atoms with Gasteiger partial charge in [0.2, 0.25) is 0 Å². The number of nitrogens with two attached hydrogens (primary N) is 1. The van der Waals surface area contributed by atoms with Gasteiger partial charge in [-0.25, -0.2) is 9.37 Å². The number of hydrogen-bond acceptors (Lipinski definition) is 3. The molecule has 3 rings (SSSR count). The molecule has 0 spiro atoms. The van der Waals surface area contributed by atoms with Gasteiger partial charge in [-0.3, -0.25) is 0 Å². The van der Waals surface area contributed by atoms with Crippen molar-refractivity contribution in [1.29, 1.82) is 0 Å². The van der Waals surface area contributed by atoms with E-state index in [9.17, 15) is 4.39 Å². The van der Waals surface area contributed by atoms with E-state index in [1.807, 2.05) is 0 Å². The first-order valence-electron chi connectivity index (χ1n) is 7.06. The number of hydrogen-bond donors (Lipinski definition) is 1. The Morgan fingerprint density at radius 3 is 2.75 bits per heavy atom. The summed E-state index contributed by atoms with van der Waals surface area (Å²) in [5.74, 6) is 0.155. The molecule has 0 saturated heterocycles. The fourth-order valence-electron chi connectivity index (χ4n) is 3.12. The fraction of sp³-hybridized carbons (Fsp3) is 0.533. The molecule has 1 aromatic carbocycles. The Morgan fingerprint density at radius 2 is 2.05 bits per heavy atom. The molecular weight excluding hydrogens is 279 g/mol. The molecule has 5 heteroatoms. The van der Waals surface area contributed by atoms with Gasteiger partial charge in [-0.15, -0.1) is 0 Å². The van der Waals surface area contributed by atoms with Crippen molar-refractivity contribution in [3.63, 3.8) is 0 Å². The van der Waals surface area contributed by atoms with E-state index < -0.39 is 5.82 Å². The number of aromatic nitrogens is 1. The maximum absolute atomic E-state index is 13.4. The second kappa shape index (κ2) is 5.34. The van der Waals surface area contributed by atoms with Crippen LogP contribution in [0.25, 0.3) is 11.1 Å². The lowest BCUT2D eigenvalue weighted by Gasteiger charge is -2.35. The molecular formula is C15H18ClFN2O. The van der Waals surface area contributed by atoms with Crippen LogP contribution in [0.1, 0.15) is 38.0 Å². The first-order chi connectivity index (χ1) is 9.62. The summed E-state index contributed by atoms with van der Waals surface area (Å²) in [6, 6.07) is 2.80. The van der Waals surface area contributed by atoms with Crippen LogP contribution in [-0.2, 0) is 6.42 Å². The maximum atomic E-state index is 13.4. The van der Waals surface area contributed by atoms with Crippen molar-refractivity contribution in [2.45, 2.75) is 38.5 Å². The van der Waals surface area contributed by atoms with Crippen LogP contribution in [0.2, 0.25) is 5.02 Å². The minimum atomic E-state index is -0.479. The lowest BCUT2D eigenvalue weighted by molar-refractivity contribution is 0.184. The van der Waals surface area contributed by atoms with Crippen LogP contribution in [0.5, 0.6) is 0 Å². The predicted molar refractivity (Wildman–Crippen MR) is 77.3 cm³/mol. The first kappa shape index (κ1) is 13.8. The third-order valence-electron chi connectivity index (χ3n) is 4.35. The molecule has 2 N–H and O–H groups in total. The van der Waals surface area contributed by atoms with Crippen LogP contribution in [-0.4, -0.2) is 11.5 Å². The highest BCUT2D eigenvalue weighted by atomic mass is 35.5. The second-order valence-electron chi connectivity index (χ2n) is 5.78. The normalized spacial score (nSPS) is 18.6. The molecule has 1 aromatic heterocycles. The monoisotopic (exact) mass is 296 g/mol. The van der Waals surface area contributed by atoms with Crippen LogP contribution >= 0.6 is 11.6 Å². The molecule has 3 nitrogen and oxygen atoms in total. The van der Waals surface area contributed by atoms with Gasteiger partial charge >= 0.3 is 0 Å². The lowest BCUT2D eigenvalue weighted by Crippen LogP contribution is -2.35. The standard InChI is InChI=1S/C15H18ClFN2O/c16-10-6-12-13(7-11(10)17)20-14(19-12)8-15(9-18)4-2-1-3-5-15/h6-7H,1-5,8-9,18H2. The number of benzene rings is 1. The topological polar surface area (TPSA) is 52.0 Å². The number of rotatable bonds is 3. The Morgan fingerprint density at radius 1 is 1.30 bits per heavy atom. The highest BCUT2D eigenvalue weighted by molar-refractivity contribution is 6.31. The SMILES string of the molecule is NCC1(Cc2nc3cc(Cl)c(F)cc3o2)CCCCC1. The molecule has 1 heterocycles. The van der Waals surface area contributed by atoms with Crippen molar-refractivity contribution >= 4 is 22.7 Å². The summed E-state index contributed by atoms with van der Waals surface area (Å²) in [7, 11) is 0. The van der Waals surface area contributed by atoms with E-state index in [1.165, 1.54) is 31.4 Å². The van der Waals surface area contributed by atoms with Crippen LogP contribution in [0.3, 0.4) is 0 Å². The minimum absolute atomic E-state index is 0.0727. The third kappa shape index (κ3) is 2.54. The van der Waals surface area contributed by atoms with Crippen LogP contribution < -0.4 is 5.73 Å². The summed E-state index contributed by atoms with van der Waals surface area (Å²) in [5, 5.41) is 0.0727. The molecule has 108 valence electrons. The molecule has 1 aliphatic rings. The largest absolute Gasteiger partial charge is 0.441 e. The van der Waals surface area contributed by atoms with Gasteiger partial charge in [0.25, 0.3) is 0 Å². The highest BCUT2D eigenvalue weighted by Gasteiger charge is 2.32. The zero-order valence-corrected chi connectivity index (χ0v) is 12.0. The van der Waals surface area contributed by atoms with E-state index in [0.717, 1.165) is 19.3 Å². The molecule has 0 unspecified atom stereocenters. The lowest BCUT2D eigenvalue weighted by atomic mass is 9.72. The van der Waals surface area contributed by atoms with Gasteiger partial charge in [-0.2, -0.15) is 0 Å². The van der Waals surface area contributed by atoms with Gasteiger partial charge in [0.1, 0.15) is 11.3 Å². The molecule has 1 saturated carbocycles. The van der Waals surface area contributed by atoms with Crippen LogP contribution in [0, 0.1) is 11.2 Å². The van der Waals surface area contributed by atoms with Crippen molar-refractivity contribution in [1.82, 2.24) is 4.98 Å². The van der Waals surface area contributed by atoms with E-state index in [-0.39, 0.29) is 10.4 Å². The van der Waals surface area contributed by atoms with E-state index >= 15 is 0 Å². The highest BCUT2D eigenvalue weighted by Crippen LogP contribution is 2.38. The quantitative estimate of drug-likeness (QED) is 0.929. The van der Waals surface area contributed by atoms with Crippen LogP contribution in [0.4, 0.5) is 4.39 Å². The van der Waals surface area contributed by atoms with Gasteiger partial charge in [0.05, 0.1) is 5.02 Å². The number of halogens is 2. The van der Waals surface area contributed by atoms with Gasteiger partial charge in [0, 0.05) is 12.5 Å². The third-order valence-corrected chi connectivity index (χ3v) is 4.64. The summed E-state index contributed by atoms with van der Waals surface area (Å²) >= 11 is 5.77. The average Bonchev–Trinajstić information content (AvgIpc) is 2.81. The van der Waals surface area contributed by atoms with E-state index in [0.29, 0.717) is 23.5 Å². The van der Waals surface area contributed by atoms with Crippen LogP contribution in [0.15, 0.2) is 16.5 Å². The Kier molecular flexibility index (Phi) is 3.69. The summed E-state index contributed by atoms with van der Waals surface area (Å²) in [5.41, 5.74) is 7.12. The smallest absolute Gasteiger partial charge is 0.196 e. The van der Waals surface area contributed by atoms with Gasteiger partial charge in [0.15, 0.2) is 11.5 Å². The molecule has 0 bridgehead atoms. The maximum Gasteiger partial charge on any atom is 0.196 e. The Balaban J connectivity index is 1.90. The minimum Gasteiger partial charge on any atom is -0.441 e. The molecule has 0 radical (unpaired) electrons. The zero-order chi connectivity index (χ0) is 14.2. The molecule has 20 heavy (non-hydrogen) atoms. The zero-order valence-electron chi connectivity index (χ0n) is 11.3. The van der Waals surface area contributed by atoms with Gasteiger partial charge < -0.3 is 10.2 Å². The van der Waals surface area contributed by atoms with E-state index in [2.05, 4.69) is 4.98 Å². The van der Waals surface area contributed by atoms with E-state index in [1.54, 1.807) is 0 Å². The molecule has 1 aliphatic carbocycles. The predicted octanol–water partition coefficient (Wildman–Crippen LogP) is 4.07. The first-order valence-corrected chi connectivity index (χ1v) is 7.44. The number of fused-ring (bicyclic) bond motifs is 1. The molecule has 0 aliphatic heterocycles. The van der Waals surface area contributed by atoms with Gasteiger partial charge in [-0.05, 0) is 30.9 Å². The molecule has 0 amide bonds. The summed E-state index contributed by atoms with van der Waals surface area (Å²) in [6.45, 7) is 0.640. The average molecular weight is 297 g/mol. The second-order valence-corrected chi connectivity index (χ2v) is 6.19. The van der Waals surface area contributed by atoms with Crippen molar-refractivity contribution in [2.24, 2.45) is 11.1 Å². The van der Waals surface area contributed by atoms with Crippen molar-refractivity contribution in [2.75, 3.05) is 6.54 Å². The van der Waals surface area contributed by atoms with E-state index in [4.69, 9.17) is 21.8 Å². The van der Waals surface area contributed by atoms with Crippen molar-refractivity contribution in [3.8, 4) is 0 Å². The van der Waals surface area contributed by atoms with Gasteiger partial charge in [-0.1, -0.05) is 30.9 Å². The number of nitrogens with zero attached hydrogens (tertiary/aromatic N) is 1. The Bertz CT molecular complexity index is 581. The summed E-state index contributed by atoms with van der Waals surface area (Å²) in [4.78, 5) is 4.43. The fourth-order valence-corrected chi connectivity index (χ4v) is 3.28. The molecule has 0 atom stereocenters. The number of oxazole rings is 1. The van der Waals surface area contributed by atoms with Crippen molar-refractivity contribution < 1.29 is 8.81 Å².